The van der Waals surface area contributed by atoms with E-state index < -0.39 is 24.0 Å². The Hall–Kier alpha value is -0.590. The Morgan fingerprint density at radius 2 is 2.00 bits per heavy atom. The minimum Gasteiger partial charge on any atom is -0.386 e. The van der Waals surface area contributed by atoms with E-state index in [2.05, 4.69) is 5.92 Å². The summed E-state index contributed by atoms with van der Waals surface area (Å²) in [5.41, 5.74) is -2.05. The molecule has 1 saturated heterocycles. The molecule has 1 fully saturated rings. The lowest BCUT2D eigenvalue weighted by atomic mass is 9.86. The van der Waals surface area contributed by atoms with E-state index in [1.165, 1.54) is 0 Å². The number of alkyl halides is 1. The second kappa shape index (κ2) is 4.73. The molecule has 3 heteroatoms. The molecule has 16 heavy (non-hydrogen) atoms. The summed E-state index contributed by atoms with van der Waals surface area (Å²) in [5.74, 6) is 2.38. The molecule has 0 aromatic rings. The van der Waals surface area contributed by atoms with Gasteiger partial charge in [-0.05, 0) is 18.3 Å². The van der Waals surface area contributed by atoms with Gasteiger partial charge in [-0.15, -0.1) is 6.42 Å². The van der Waals surface area contributed by atoms with Gasteiger partial charge in [-0.3, -0.25) is 0 Å². The maximum Gasteiger partial charge on any atom is 0.224 e. The van der Waals surface area contributed by atoms with E-state index in [-0.39, 0.29) is 5.92 Å². The van der Waals surface area contributed by atoms with E-state index in [0.717, 1.165) is 0 Å². The second-order valence-corrected chi connectivity index (χ2v) is 5.33. The number of rotatable bonds is 3. The number of halogens is 1. The molecule has 0 amide bonds. The fourth-order valence-corrected chi connectivity index (χ4v) is 2.26. The highest BCUT2D eigenvalue weighted by Crippen LogP contribution is 2.39. The molecule has 1 rings (SSSR count). The van der Waals surface area contributed by atoms with Gasteiger partial charge < -0.3 is 9.84 Å². The van der Waals surface area contributed by atoms with E-state index in [1.807, 2.05) is 27.7 Å². The number of aliphatic hydroxyl groups is 1. The van der Waals surface area contributed by atoms with Gasteiger partial charge in [0.2, 0.25) is 5.67 Å². The molecule has 0 saturated carbocycles. The Bertz CT molecular complexity index is 282. The zero-order valence-corrected chi connectivity index (χ0v) is 10.4. The van der Waals surface area contributed by atoms with Crippen LogP contribution in [0.15, 0.2) is 0 Å². The molecule has 0 aromatic carbocycles. The summed E-state index contributed by atoms with van der Waals surface area (Å²) in [7, 11) is 0. The fourth-order valence-electron chi connectivity index (χ4n) is 2.26. The molecule has 0 bridgehead atoms. The van der Waals surface area contributed by atoms with Crippen molar-refractivity contribution < 1.29 is 14.2 Å². The molecule has 0 unspecified atom stereocenters. The number of hydrogen-bond donors (Lipinski definition) is 1. The topological polar surface area (TPSA) is 29.5 Å². The highest BCUT2D eigenvalue weighted by molar-refractivity contribution is 5.21. The molecular formula is C13H21FO2. The van der Waals surface area contributed by atoms with Crippen molar-refractivity contribution >= 4 is 0 Å². The van der Waals surface area contributed by atoms with Crippen LogP contribution in [0.5, 0.6) is 0 Å². The van der Waals surface area contributed by atoms with E-state index in [1.54, 1.807) is 0 Å². The third-order valence-electron chi connectivity index (χ3n) is 3.05. The van der Waals surface area contributed by atoms with Crippen LogP contribution in [-0.2, 0) is 4.74 Å². The summed E-state index contributed by atoms with van der Waals surface area (Å²) in [6.07, 6.45) is 3.42. The van der Waals surface area contributed by atoms with Crippen LogP contribution in [-0.4, -0.2) is 29.1 Å². The van der Waals surface area contributed by atoms with Gasteiger partial charge in [0.1, 0.15) is 12.2 Å². The first-order valence-electron chi connectivity index (χ1n) is 5.83. The van der Waals surface area contributed by atoms with Gasteiger partial charge in [-0.2, -0.15) is 0 Å². The first kappa shape index (κ1) is 13.5. The van der Waals surface area contributed by atoms with Crippen molar-refractivity contribution in [2.24, 2.45) is 11.8 Å². The number of hydrogen-bond acceptors (Lipinski definition) is 2. The SMILES string of the molecule is C#C[C@@]1(F)[C@H](O)[C@@H](CC(C)C)O[C@H]1C(C)C. The third kappa shape index (κ3) is 2.23. The second-order valence-electron chi connectivity index (χ2n) is 5.33. The summed E-state index contributed by atoms with van der Waals surface area (Å²) >= 11 is 0. The molecule has 0 spiro atoms. The number of ether oxygens (including phenoxy) is 1. The van der Waals surface area contributed by atoms with Crippen LogP contribution in [0.25, 0.3) is 0 Å². The Balaban J connectivity index is 2.88. The summed E-state index contributed by atoms with van der Waals surface area (Å²) in [5, 5.41) is 9.93. The predicted octanol–water partition coefficient (Wildman–Crippen LogP) is 2.16. The van der Waals surface area contributed by atoms with Crippen LogP contribution in [0.4, 0.5) is 4.39 Å². The van der Waals surface area contributed by atoms with Gasteiger partial charge in [-0.25, -0.2) is 4.39 Å². The standard InChI is InChI=1S/C13H21FO2/c1-6-13(14)11(15)10(7-8(2)3)16-12(13)9(4)5/h1,8-12,15H,7H2,2-5H3/t10-,11-,12+,13-/m1/s1. The monoisotopic (exact) mass is 228 g/mol. The predicted molar refractivity (Wildman–Crippen MR) is 61.6 cm³/mol. The average molecular weight is 228 g/mol. The fraction of sp³-hybridized carbons (Fsp3) is 0.846. The van der Waals surface area contributed by atoms with Crippen molar-refractivity contribution in [3.63, 3.8) is 0 Å². The van der Waals surface area contributed by atoms with E-state index in [4.69, 9.17) is 11.2 Å². The normalized spacial score (nSPS) is 39.3. The molecule has 4 atom stereocenters. The van der Waals surface area contributed by atoms with Crippen molar-refractivity contribution in [1.29, 1.82) is 0 Å². The Morgan fingerprint density at radius 3 is 2.31 bits per heavy atom. The highest BCUT2D eigenvalue weighted by Gasteiger charge is 2.56. The molecule has 92 valence electrons. The van der Waals surface area contributed by atoms with Crippen molar-refractivity contribution in [3.05, 3.63) is 0 Å². The summed E-state index contributed by atoms with van der Waals surface area (Å²) in [6.45, 7) is 7.71. The molecule has 1 aliphatic rings. The first-order valence-corrected chi connectivity index (χ1v) is 5.83. The summed E-state index contributed by atoms with van der Waals surface area (Å²) in [4.78, 5) is 0. The minimum atomic E-state index is -2.05. The maximum atomic E-state index is 14.4. The first-order chi connectivity index (χ1) is 7.32. The van der Waals surface area contributed by atoms with Gasteiger partial charge in [0.15, 0.2) is 0 Å². The Labute approximate surface area is 97.2 Å². The molecule has 2 nitrogen and oxygen atoms in total. The molecular weight excluding hydrogens is 207 g/mol. The van der Waals surface area contributed by atoms with Crippen LogP contribution < -0.4 is 0 Å². The van der Waals surface area contributed by atoms with E-state index in [0.29, 0.717) is 12.3 Å². The molecule has 1 aliphatic heterocycles. The Morgan fingerprint density at radius 1 is 1.44 bits per heavy atom. The van der Waals surface area contributed by atoms with E-state index in [9.17, 15) is 9.50 Å². The molecule has 1 heterocycles. The van der Waals surface area contributed by atoms with Crippen LogP contribution in [0.1, 0.15) is 34.1 Å². The van der Waals surface area contributed by atoms with Crippen molar-refractivity contribution in [2.75, 3.05) is 0 Å². The quantitative estimate of drug-likeness (QED) is 0.750. The molecule has 0 aliphatic carbocycles. The van der Waals surface area contributed by atoms with Crippen LogP contribution in [0, 0.1) is 24.2 Å². The minimum absolute atomic E-state index is 0.0483. The maximum absolute atomic E-state index is 14.4. The lowest BCUT2D eigenvalue weighted by molar-refractivity contribution is -0.0218. The lowest BCUT2D eigenvalue weighted by Gasteiger charge is -2.25. The largest absolute Gasteiger partial charge is 0.386 e. The van der Waals surface area contributed by atoms with Crippen LogP contribution >= 0.6 is 0 Å². The number of aliphatic hydroxyl groups excluding tert-OH is 1. The van der Waals surface area contributed by atoms with Crippen molar-refractivity contribution in [3.8, 4) is 12.3 Å². The zero-order chi connectivity index (χ0) is 12.5. The number of terminal acetylenes is 1. The van der Waals surface area contributed by atoms with Gasteiger partial charge in [0, 0.05) is 0 Å². The van der Waals surface area contributed by atoms with Gasteiger partial charge >= 0.3 is 0 Å². The third-order valence-corrected chi connectivity index (χ3v) is 3.05. The van der Waals surface area contributed by atoms with Gasteiger partial charge in [0.05, 0.1) is 6.10 Å². The zero-order valence-electron chi connectivity index (χ0n) is 10.4. The summed E-state index contributed by atoms with van der Waals surface area (Å²) < 4.78 is 20.0. The molecule has 0 radical (unpaired) electrons. The van der Waals surface area contributed by atoms with Crippen LogP contribution in [0.3, 0.4) is 0 Å². The van der Waals surface area contributed by atoms with Crippen LogP contribution in [0.2, 0.25) is 0 Å². The smallest absolute Gasteiger partial charge is 0.224 e. The van der Waals surface area contributed by atoms with Gasteiger partial charge in [-0.1, -0.05) is 33.6 Å². The van der Waals surface area contributed by atoms with Gasteiger partial charge in [0.25, 0.3) is 0 Å². The summed E-state index contributed by atoms with van der Waals surface area (Å²) in [6, 6.07) is 0. The highest BCUT2D eigenvalue weighted by atomic mass is 19.1. The average Bonchev–Trinajstić information content (AvgIpc) is 2.43. The molecule has 1 N–H and O–H groups in total. The Kier molecular flexibility index (Phi) is 3.98. The van der Waals surface area contributed by atoms with Crippen molar-refractivity contribution in [2.45, 2.75) is 58.1 Å². The van der Waals surface area contributed by atoms with Crippen molar-refractivity contribution in [1.82, 2.24) is 0 Å². The molecule has 0 aromatic heterocycles. The van der Waals surface area contributed by atoms with E-state index >= 15 is 0 Å². The lowest BCUT2D eigenvalue weighted by Crippen LogP contribution is -2.44.